The van der Waals surface area contributed by atoms with Crippen molar-refractivity contribution in [2.24, 2.45) is 0 Å². The molecule has 1 aromatic heterocycles. The van der Waals surface area contributed by atoms with Crippen LogP contribution in [0.3, 0.4) is 0 Å². The number of benzene rings is 2. The third-order valence-corrected chi connectivity index (χ3v) is 5.69. The standard InChI is InChI=1S/C16H16N2O2S2/c1-20-12-7-8-14-15(11-12)18-16(17-14)21-9-10-22(19)13-5-3-2-4-6-13/h2-8,11H,9-10H2,1H3,(H,17,18)/t22-/m0/s1. The molecule has 1 heterocycles. The van der Waals surface area contributed by atoms with Crippen LogP contribution in [-0.4, -0.2) is 32.8 Å². The summed E-state index contributed by atoms with van der Waals surface area (Å²) in [6.07, 6.45) is 0. The van der Waals surface area contributed by atoms with Crippen LogP contribution in [0.1, 0.15) is 0 Å². The maximum Gasteiger partial charge on any atom is 0.166 e. The highest BCUT2D eigenvalue weighted by atomic mass is 32.2. The number of nitrogens with one attached hydrogen (secondary N) is 1. The number of thioether (sulfide) groups is 1. The van der Waals surface area contributed by atoms with Crippen LogP contribution in [0.5, 0.6) is 5.75 Å². The number of imidazole rings is 1. The molecule has 0 saturated carbocycles. The van der Waals surface area contributed by atoms with Gasteiger partial charge in [0.15, 0.2) is 5.16 Å². The third-order valence-electron chi connectivity index (χ3n) is 3.18. The quantitative estimate of drug-likeness (QED) is 0.702. The minimum absolute atomic E-state index is 0.606. The van der Waals surface area contributed by atoms with E-state index < -0.39 is 10.8 Å². The second kappa shape index (κ2) is 6.98. The Kier molecular flexibility index (Phi) is 4.80. The molecule has 4 nitrogen and oxygen atoms in total. The van der Waals surface area contributed by atoms with Gasteiger partial charge in [0.2, 0.25) is 0 Å². The highest BCUT2D eigenvalue weighted by Gasteiger charge is 2.07. The summed E-state index contributed by atoms with van der Waals surface area (Å²) in [7, 11) is 0.683. The SMILES string of the molecule is COc1ccc2nc(SCC[S@](=O)c3ccccc3)[nH]c2c1. The van der Waals surface area contributed by atoms with Crippen LogP contribution >= 0.6 is 11.8 Å². The lowest BCUT2D eigenvalue weighted by molar-refractivity contribution is 0.415. The second-order valence-electron chi connectivity index (χ2n) is 4.64. The van der Waals surface area contributed by atoms with Crippen LogP contribution in [-0.2, 0) is 10.8 Å². The summed E-state index contributed by atoms with van der Waals surface area (Å²) in [6.45, 7) is 0. The zero-order chi connectivity index (χ0) is 15.4. The van der Waals surface area contributed by atoms with Gasteiger partial charge < -0.3 is 9.72 Å². The van der Waals surface area contributed by atoms with E-state index in [1.807, 2.05) is 48.5 Å². The van der Waals surface area contributed by atoms with E-state index in [4.69, 9.17) is 4.74 Å². The Morgan fingerprint density at radius 1 is 1.23 bits per heavy atom. The van der Waals surface area contributed by atoms with Crippen LogP contribution in [0.2, 0.25) is 0 Å². The maximum absolute atomic E-state index is 12.1. The lowest BCUT2D eigenvalue weighted by Gasteiger charge is -2.00. The summed E-state index contributed by atoms with van der Waals surface area (Å²) in [6, 6.07) is 15.3. The average molecular weight is 332 g/mol. The molecule has 0 amide bonds. The van der Waals surface area contributed by atoms with Gasteiger partial charge in [-0.2, -0.15) is 0 Å². The second-order valence-corrected chi connectivity index (χ2v) is 7.29. The number of rotatable bonds is 6. The molecule has 1 N–H and O–H groups in total. The van der Waals surface area contributed by atoms with Crippen LogP contribution in [0, 0.1) is 0 Å². The van der Waals surface area contributed by atoms with E-state index in [9.17, 15) is 4.21 Å². The van der Waals surface area contributed by atoms with E-state index in [1.165, 1.54) is 0 Å². The van der Waals surface area contributed by atoms with Gasteiger partial charge in [-0.1, -0.05) is 30.0 Å². The molecule has 2 aromatic carbocycles. The fourth-order valence-electron chi connectivity index (χ4n) is 2.06. The van der Waals surface area contributed by atoms with Gasteiger partial charge >= 0.3 is 0 Å². The largest absolute Gasteiger partial charge is 0.497 e. The van der Waals surface area contributed by atoms with Crippen molar-refractivity contribution in [1.82, 2.24) is 9.97 Å². The number of aromatic amines is 1. The number of hydrogen-bond acceptors (Lipinski definition) is 4. The first-order valence-corrected chi connectivity index (χ1v) is 9.17. The van der Waals surface area contributed by atoms with Crippen molar-refractivity contribution in [3.8, 4) is 5.75 Å². The van der Waals surface area contributed by atoms with Gasteiger partial charge in [0.1, 0.15) is 5.75 Å². The molecule has 1 atom stereocenters. The van der Waals surface area contributed by atoms with E-state index in [1.54, 1.807) is 18.9 Å². The number of methoxy groups -OCH3 is 1. The van der Waals surface area contributed by atoms with Crippen molar-refractivity contribution < 1.29 is 8.95 Å². The molecule has 0 spiro atoms. The minimum atomic E-state index is -0.962. The van der Waals surface area contributed by atoms with Crippen molar-refractivity contribution in [3.05, 3.63) is 48.5 Å². The van der Waals surface area contributed by atoms with Crippen molar-refractivity contribution in [3.63, 3.8) is 0 Å². The van der Waals surface area contributed by atoms with Gasteiger partial charge in [0, 0.05) is 22.5 Å². The van der Waals surface area contributed by atoms with E-state index in [2.05, 4.69) is 9.97 Å². The van der Waals surface area contributed by atoms with Crippen LogP contribution < -0.4 is 4.74 Å². The summed E-state index contributed by atoms with van der Waals surface area (Å²) in [4.78, 5) is 8.64. The van der Waals surface area contributed by atoms with Crippen molar-refractivity contribution in [1.29, 1.82) is 0 Å². The molecule has 3 rings (SSSR count). The summed E-state index contributed by atoms with van der Waals surface area (Å²) < 4.78 is 17.3. The van der Waals surface area contributed by atoms with Gasteiger partial charge in [0.25, 0.3) is 0 Å². The molecule has 0 aliphatic heterocycles. The van der Waals surface area contributed by atoms with E-state index in [0.717, 1.165) is 32.6 Å². The first-order valence-electron chi connectivity index (χ1n) is 6.86. The Balaban J connectivity index is 1.61. The summed E-state index contributed by atoms with van der Waals surface area (Å²) >= 11 is 1.58. The van der Waals surface area contributed by atoms with Gasteiger partial charge in [-0.3, -0.25) is 4.21 Å². The molecular weight excluding hydrogens is 316 g/mol. The predicted octanol–water partition coefficient (Wildman–Crippen LogP) is 3.47. The van der Waals surface area contributed by atoms with Gasteiger partial charge in [0.05, 0.1) is 28.9 Å². The van der Waals surface area contributed by atoms with E-state index in [0.29, 0.717) is 5.75 Å². The van der Waals surface area contributed by atoms with E-state index in [-0.39, 0.29) is 0 Å². The Hall–Kier alpha value is -1.79. The monoisotopic (exact) mass is 332 g/mol. The molecule has 0 saturated heterocycles. The fraction of sp³-hybridized carbons (Fsp3) is 0.188. The topological polar surface area (TPSA) is 55.0 Å². The third kappa shape index (κ3) is 3.51. The van der Waals surface area contributed by atoms with Crippen molar-refractivity contribution in [2.75, 3.05) is 18.6 Å². The van der Waals surface area contributed by atoms with Gasteiger partial charge in [-0.25, -0.2) is 4.98 Å². The van der Waals surface area contributed by atoms with Crippen molar-refractivity contribution in [2.45, 2.75) is 10.1 Å². The molecule has 0 fully saturated rings. The highest BCUT2D eigenvalue weighted by Crippen LogP contribution is 2.23. The smallest absolute Gasteiger partial charge is 0.166 e. The highest BCUT2D eigenvalue weighted by molar-refractivity contribution is 8.00. The first-order chi connectivity index (χ1) is 10.8. The number of aromatic nitrogens is 2. The lowest BCUT2D eigenvalue weighted by Crippen LogP contribution is -2.00. The number of fused-ring (bicyclic) bond motifs is 1. The Morgan fingerprint density at radius 2 is 2.05 bits per heavy atom. The maximum atomic E-state index is 12.1. The van der Waals surface area contributed by atoms with Crippen LogP contribution in [0.25, 0.3) is 11.0 Å². The molecule has 6 heteroatoms. The minimum Gasteiger partial charge on any atom is -0.497 e. The predicted molar refractivity (Wildman–Crippen MR) is 91.1 cm³/mol. The summed E-state index contributed by atoms with van der Waals surface area (Å²) in [5.74, 6) is 2.16. The molecule has 0 aliphatic carbocycles. The molecule has 0 radical (unpaired) electrons. The summed E-state index contributed by atoms with van der Waals surface area (Å²) in [5.41, 5.74) is 1.86. The molecule has 114 valence electrons. The van der Waals surface area contributed by atoms with Gasteiger partial charge in [-0.15, -0.1) is 0 Å². The van der Waals surface area contributed by atoms with E-state index >= 15 is 0 Å². The number of ether oxygens (including phenoxy) is 1. The average Bonchev–Trinajstić information content (AvgIpc) is 2.97. The molecule has 22 heavy (non-hydrogen) atoms. The Labute approximate surface area is 135 Å². The molecule has 3 aromatic rings. The zero-order valence-electron chi connectivity index (χ0n) is 12.1. The van der Waals surface area contributed by atoms with Gasteiger partial charge in [-0.05, 0) is 24.3 Å². The van der Waals surface area contributed by atoms with Crippen molar-refractivity contribution >= 4 is 33.6 Å². The molecular formula is C16H16N2O2S2. The Morgan fingerprint density at radius 3 is 2.82 bits per heavy atom. The number of nitrogens with zero attached hydrogens (tertiary/aromatic N) is 1. The number of H-pyrrole nitrogens is 1. The molecule has 0 bridgehead atoms. The van der Waals surface area contributed by atoms with Crippen LogP contribution in [0.4, 0.5) is 0 Å². The molecule has 0 aliphatic rings. The Bertz CT molecular complexity index is 787. The molecule has 0 unspecified atom stereocenters. The van der Waals surface area contributed by atoms with Crippen LogP contribution in [0.15, 0.2) is 58.6 Å². The summed E-state index contributed by atoms with van der Waals surface area (Å²) in [5, 5.41) is 0.841. The number of hydrogen-bond donors (Lipinski definition) is 1. The first kappa shape index (κ1) is 15.1. The lowest BCUT2D eigenvalue weighted by atomic mass is 10.3. The fourth-order valence-corrected chi connectivity index (χ4v) is 4.24. The zero-order valence-corrected chi connectivity index (χ0v) is 13.7. The normalized spacial score (nSPS) is 12.4.